The van der Waals surface area contributed by atoms with E-state index in [1.807, 2.05) is 13.8 Å². The first kappa shape index (κ1) is 24.5. The van der Waals surface area contributed by atoms with Crippen molar-refractivity contribution in [2.45, 2.75) is 57.7 Å². The van der Waals surface area contributed by atoms with E-state index in [1.54, 1.807) is 28.9 Å². The van der Waals surface area contributed by atoms with E-state index in [2.05, 4.69) is 0 Å². The number of carboxylic acid groups (broad SMARTS) is 1. The lowest BCUT2D eigenvalue weighted by molar-refractivity contribution is -0.139. The number of hydrogen-bond acceptors (Lipinski definition) is 4. The average Bonchev–Trinajstić information content (AvgIpc) is 3.12. The minimum Gasteiger partial charge on any atom is -0.481 e. The van der Waals surface area contributed by atoms with Crippen LogP contribution in [0.2, 0.25) is 0 Å². The highest BCUT2D eigenvalue weighted by Gasteiger charge is 2.24. The zero-order chi connectivity index (χ0) is 24.1. The molecule has 0 unspecified atom stereocenters. The monoisotopic (exact) mass is 458 g/mol. The Morgan fingerprint density at radius 3 is 2.09 bits per heavy atom. The largest absolute Gasteiger partial charge is 0.481 e. The van der Waals surface area contributed by atoms with Crippen molar-refractivity contribution in [3.63, 3.8) is 0 Å². The summed E-state index contributed by atoms with van der Waals surface area (Å²) in [6.07, 6.45) is -1.85. The van der Waals surface area contributed by atoms with Crippen LogP contribution in [-0.4, -0.2) is 43.3 Å². The highest BCUT2D eigenvalue weighted by atomic mass is 19.1. The third-order valence-electron chi connectivity index (χ3n) is 5.44. The van der Waals surface area contributed by atoms with Gasteiger partial charge in [-0.25, -0.2) is 13.5 Å². The Kier molecular flexibility index (Phi) is 7.94. The third-order valence-corrected chi connectivity index (χ3v) is 5.44. The van der Waals surface area contributed by atoms with Crippen molar-refractivity contribution in [2.24, 2.45) is 0 Å². The molecule has 0 bridgehead atoms. The number of carboxylic acids is 1. The van der Waals surface area contributed by atoms with Gasteiger partial charge in [0, 0.05) is 11.1 Å². The van der Waals surface area contributed by atoms with Gasteiger partial charge in [0.25, 0.3) is 0 Å². The van der Waals surface area contributed by atoms with Gasteiger partial charge in [-0.05, 0) is 73.7 Å². The number of benzene rings is 2. The maximum Gasteiger partial charge on any atom is 0.305 e. The average molecular weight is 459 g/mol. The van der Waals surface area contributed by atoms with Crippen LogP contribution in [0, 0.1) is 11.6 Å². The maximum atomic E-state index is 13.5. The molecule has 0 saturated heterocycles. The normalized spacial score (nSPS) is 13.3. The molecule has 3 aromatic rings. The molecule has 0 aliphatic heterocycles. The predicted octanol–water partition coefficient (Wildman–Crippen LogP) is 4.46. The van der Waals surface area contributed by atoms with Crippen molar-refractivity contribution in [1.82, 2.24) is 9.78 Å². The van der Waals surface area contributed by atoms with E-state index in [9.17, 15) is 23.8 Å². The van der Waals surface area contributed by atoms with E-state index < -0.39 is 24.6 Å². The first-order valence-electron chi connectivity index (χ1n) is 10.9. The summed E-state index contributed by atoms with van der Waals surface area (Å²) in [5.74, 6) is -1.83. The number of carbonyl (C=O) groups is 1. The lowest BCUT2D eigenvalue weighted by Crippen LogP contribution is -2.21. The standard InChI is InChI=1S/C25H28F2N2O4/c1-15(2)25-22(12-11-20(30)13-21(31)14-23(32)33)24(16-3-5-17(26)6-4-16)28-29(25)19-9-7-18(27)8-10-19/h3-10,15,20-21,30-31H,11-14H2,1-2H3,(H,32,33)/t20-,21-/m1/s1. The van der Waals surface area contributed by atoms with E-state index >= 15 is 0 Å². The van der Waals surface area contributed by atoms with Crippen LogP contribution in [0.3, 0.4) is 0 Å². The Morgan fingerprint density at radius 1 is 0.970 bits per heavy atom. The number of hydrogen-bond donors (Lipinski definition) is 3. The summed E-state index contributed by atoms with van der Waals surface area (Å²) in [6, 6.07) is 11.9. The Labute approximate surface area is 191 Å². The summed E-state index contributed by atoms with van der Waals surface area (Å²) in [5.41, 5.74) is 3.73. The van der Waals surface area contributed by atoms with Crippen molar-refractivity contribution in [1.29, 1.82) is 0 Å². The van der Waals surface area contributed by atoms with Crippen LogP contribution in [0.5, 0.6) is 0 Å². The third kappa shape index (κ3) is 6.24. The highest BCUT2D eigenvalue weighted by molar-refractivity contribution is 5.67. The van der Waals surface area contributed by atoms with E-state index in [-0.39, 0.29) is 30.4 Å². The molecule has 1 aromatic heterocycles. The van der Waals surface area contributed by atoms with Crippen LogP contribution in [0.1, 0.15) is 50.3 Å². The van der Waals surface area contributed by atoms with E-state index in [0.717, 1.165) is 11.3 Å². The van der Waals surface area contributed by atoms with Crippen molar-refractivity contribution in [2.75, 3.05) is 0 Å². The van der Waals surface area contributed by atoms with Gasteiger partial charge in [-0.15, -0.1) is 0 Å². The quantitative estimate of drug-likeness (QED) is 0.417. The molecule has 0 fully saturated rings. The summed E-state index contributed by atoms with van der Waals surface area (Å²) in [4.78, 5) is 10.8. The van der Waals surface area contributed by atoms with Crippen LogP contribution < -0.4 is 0 Å². The maximum absolute atomic E-state index is 13.5. The summed E-state index contributed by atoms with van der Waals surface area (Å²) >= 11 is 0. The summed E-state index contributed by atoms with van der Waals surface area (Å²) < 4.78 is 28.8. The minimum atomic E-state index is -1.14. The van der Waals surface area contributed by atoms with Gasteiger partial charge in [0.15, 0.2) is 0 Å². The molecule has 0 aliphatic carbocycles. The van der Waals surface area contributed by atoms with E-state index in [0.29, 0.717) is 23.4 Å². The molecule has 0 aliphatic rings. The SMILES string of the molecule is CC(C)c1c(CC[C@@H](O)C[C@@H](O)CC(=O)O)c(-c2ccc(F)cc2)nn1-c1ccc(F)cc1. The number of nitrogens with zero attached hydrogens (tertiary/aromatic N) is 2. The number of aliphatic carboxylic acids is 1. The Bertz CT molecular complexity index is 1080. The van der Waals surface area contributed by atoms with Crippen LogP contribution >= 0.6 is 0 Å². The zero-order valence-corrected chi connectivity index (χ0v) is 18.6. The second kappa shape index (κ2) is 10.7. The van der Waals surface area contributed by atoms with Crippen LogP contribution in [-0.2, 0) is 11.2 Å². The molecule has 176 valence electrons. The fourth-order valence-corrected chi connectivity index (χ4v) is 3.95. The number of aliphatic hydroxyl groups excluding tert-OH is 2. The second-order valence-corrected chi connectivity index (χ2v) is 8.44. The lowest BCUT2D eigenvalue weighted by atomic mass is 9.94. The van der Waals surface area contributed by atoms with Gasteiger partial charge >= 0.3 is 5.97 Å². The number of aromatic nitrogens is 2. The summed E-state index contributed by atoms with van der Waals surface area (Å²) in [6.45, 7) is 4.00. The fraction of sp³-hybridized carbons (Fsp3) is 0.360. The topological polar surface area (TPSA) is 95.6 Å². The molecule has 3 N–H and O–H groups in total. The Balaban J connectivity index is 1.99. The summed E-state index contributed by atoms with van der Waals surface area (Å²) in [5, 5.41) is 33.8. The lowest BCUT2D eigenvalue weighted by Gasteiger charge is -2.16. The van der Waals surface area contributed by atoms with E-state index in [4.69, 9.17) is 10.2 Å². The molecule has 8 heteroatoms. The highest BCUT2D eigenvalue weighted by Crippen LogP contribution is 2.33. The van der Waals surface area contributed by atoms with E-state index in [1.165, 1.54) is 24.3 Å². The van der Waals surface area contributed by atoms with Crippen molar-refractivity contribution >= 4 is 5.97 Å². The first-order chi connectivity index (χ1) is 15.7. The van der Waals surface area contributed by atoms with Gasteiger partial charge in [0.1, 0.15) is 11.6 Å². The second-order valence-electron chi connectivity index (χ2n) is 8.44. The molecule has 33 heavy (non-hydrogen) atoms. The van der Waals surface area contributed by atoms with Gasteiger partial charge in [0.2, 0.25) is 0 Å². The van der Waals surface area contributed by atoms with Crippen molar-refractivity contribution in [3.8, 4) is 16.9 Å². The van der Waals surface area contributed by atoms with Crippen LogP contribution in [0.25, 0.3) is 16.9 Å². The number of aliphatic hydroxyl groups is 2. The molecular formula is C25H28F2N2O4. The molecule has 0 radical (unpaired) electrons. The van der Waals surface area contributed by atoms with Crippen molar-refractivity contribution in [3.05, 3.63) is 71.4 Å². The summed E-state index contributed by atoms with van der Waals surface area (Å²) in [7, 11) is 0. The van der Waals surface area contributed by atoms with Gasteiger partial charge in [0.05, 0.1) is 35.7 Å². The smallest absolute Gasteiger partial charge is 0.305 e. The van der Waals surface area contributed by atoms with Crippen LogP contribution in [0.15, 0.2) is 48.5 Å². The molecule has 0 spiro atoms. The fourth-order valence-electron chi connectivity index (χ4n) is 3.95. The molecule has 0 amide bonds. The Morgan fingerprint density at radius 2 is 1.55 bits per heavy atom. The minimum absolute atomic E-state index is 0.0292. The molecule has 3 rings (SSSR count). The van der Waals surface area contributed by atoms with Crippen molar-refractivity contribution < 1.29 is 28.9 Å². The molecule has 1 heterocycles. The molecule has 6 nitrogen and oxygen atoms in total. The molecule has 2 atom stereocenters. The van der Waals surface area contributed by atoms with Gasteiger partial charge in [-0.2, -0.15) is 5.10 Å². The zero-order valence-electron chi connectivity index (χ0n) is 18.6. The number of halogens is 2. The van der Waals surface area contributed by atoms with Gasteiger partial charge < -0.3 is 15.3 Å². The number of rotatable bonds is 10. The Hall–Kier alpha value is -3.10. The molecule has 0 saturated carbocycles. The molecule has 2 aromatic carbocycles. The predicted molar refractivity (Wildman–Crippen MR) is 120 cm³/mol. The van der Waals surface area contributed by atoms with Gasteiger partial charge in [-0.1, -0.05) is 13.8 Å². The van der Waals surface area contributed by atoms with Gasteiger partial charge in [-0.3, -0.25) is 4.79 Å². The molecular weight excluding hydrogens is 430 g/mol. The van der Waals surface area contributed by atoms with Crippen LogP contribution in [0.4, 0.5) is 8.78 Å². The first-order valence-corrected chi connectivity index (χ1v) is 10.9.